The topological polar surface area (TPSA) is 50.5 Å². The molecular weight excluding hydrogens is 452 g/mol. The van der Waals surface area contributed by atoms with Crippen LogP contribution in [-0.4, -0.2) is 27.7 Å². The van der Waals surface area contributed by atoms with Gasteiger partial charge in [-0.15, -0.1) is 16.4 Å². The van der Waals surface area contributed by atoms with Crippen molar-refractivity contribution in [3.8, 4) is 11.1 Å². The Labute approximate surface area is 209 Å². The molecule has 0 amide bonds. The zero-order chi connectivity index (χ0) is 24.3. The monoisotopic (exact) mass is 482 g/mol. The van der Waals surface area contributed by atoms with Gasteiger partial charge in [0.15, 0.2) is 11.5 Å². The third kappa shape index (κ3) is 3.71. The quantitative estimate of drug-likeness (QED) is 0.264. The van der Waals surface area contributed by atoms with Crippen molar-refractivity contribution in [2.75, 3.05) is 18.0 Å². The fourth-order valence-corrected chi connectivity index (χ4v) is 6.02. The Bertz CT molecular complexity index is 1620. The van der Waals surface area contributed by atoms with Gasteiger partial charge in [-0.2, -0.15) is 4.52 Å². The molecule has 2 aromatic carbocycles. The molecule has 1 saturated heterocycles. The SMILES string of the molecule is CC1CCN(c2nn3c(=O)c4c(-c5ccc(C(C)(C)C)cc5)csc4nc3c3ccccc23)CC1. The summed E-state index contributed by atoms with van der Waals surface area (Å²) in [7, 11) is 0. The molecule has 35 heavy (non-hydrogen) atoms. The summed E-state index contributed by atoms with van der Waals surface area (Å²) >= 11 is 1.53. The van der Waals surface area contributed by atoms with Crippen molar-refractivity contribution < 1.29 is 0 Å². The van der Waals surface area contributed by atoms with E-state index in [1.54, 1.807) is 0 Å². The lowest BCUT2D eigenvalue weighted by Gasteiger charge is -2.31. The molecule has 0 unspecified atom stereocenters. The van der Waals surface area contributed by atoms with Gasteiger partial charge in [0.2, 0.25) is 0 Å². The van der Waals surface area contributed by atoms with Gasteiger partial charge in [-0.25, -0.2) is 4.98 Å². The number of piperidine rings is 1. The van der Waals surface area contributed by atoms with Crippen LogP contribution in [0.2, 0.25) is 0 Å². The zero-order valence-electron chi connectivity index (χ0n) is 20.7. The summed E-state index contributed by atoms with van der Waals surface area (Å²) in [6.07, 6.45) is 2.28. The van der Waals surface area contributed by atoms with E-state index in [1.165, 1.54) is 21.4 Å². The lowest BCUT2D eigenvalue weighted by atomic mass is 9.86. The van der Waals surface area contributed by atoms with Gasteiger partial charge in [0.05, 0.1) is 5.39 Å². The van der Waals surface area contributed by atoms with E-state index in [0.717, 1.165) is 64.4 Å². The Morgan fingerprint density at radius 2 is 1.66 bits per heavy atom. The lowest BCUT2D eigenvalue weighted by molar-refractivity contribution is 0.436. The molecular formula is C29H30N4OS. The molecule has 1 aliphatic heterocycles. The van der Waals surface area contributed by atoms with Gasteiger partial charge in [-0.1, -0.05) is 76.2 Å². The standard InChI is InChI=1S/C29H30N4OS/c1-18-13-15-32(16-14-18)26-22-8-6-5-7-21(22)25-30-27-24(28(34)33(25)31-26)23(17-35-27)19-9-11-20(12-10-19)29(2,3)4/h5-12,17-18H,13-16H2,1-4H3. The highest BCUT2D eigenvalue weighted by molar-refractivity contribution is 7.17. The molecule has 1 fully saturated rings. The molecule has 5 aromatic rings. The fourth-order valence-electron chi connectivity index (χ4n) is 5.09. The Morgan fingerprint density at radius 1 is 0.971 bits per heavy atom. The molecule has 0 bridgehead atoms. The average Bonchev–Trinajstić information content (AvgIpc) is 3.28. The highest BCUT2D eigenvalue weighted by atomic mass is 32.1. The predicted molar refractivity (Wildman–Crippen MR) is 147 cm³/mol. The van der Waals surface area contributed by atoms with Crippen molar-refractivity contribution in [1.29, 1.82) is 0 Å². The lowest BCUT2D eigenvalue weighted by Crippen LogP contribution is -2.34. The molecule has 6 rings (SSSR count). The molecule has 6 heteroatoms. The number of nitrogens with zero attached hydrogens (tertiary/aromatic N) is 4. The largest absolute Gasteiger partial charge is 0.355 e. The molecule has 0 saturated carbocycles. The van der Waals surface area contributed by atoms with Crippen LogP contribution in [0, 0.1) is 5.92 Å². The van der Waals surface area contributed by atoms with Crippen molar-refractivity contribution in [2.24, 2.45) is 5.92 Å². The smallest absolute Gasteiger partial charge is 0.283 e. The van der Waals surface area contributed by atoms with Gasteiger partial charge >= 0.3 is 0 Å². The highest BCUT2D eigenvalue weighted by Crippen LogP contribution is 2.35. The first-order chi connectivity index (χ1) is 16.8. The molecule has 1 aliphatic rings. The fraction of sp³-hybridized carbons (Fsp3) is 0.345. The Hall–Kier alpha value is -3.25. The summed E-state index contributed by atoms with van der Waals surface area (Å²) in [5.41, 5.74) is 3.85. The van der Waals surface area contributed by atoms with E-state index in [2.05, 4.69) is 74.4 Å². The molecule has 4 heterocycles. The molecule has 178 valence electrons. The Balaban J connectivity index is 1.57. The summed E-state index contributed by atoms with van der Waals surface area (Å²) in [6, 6.07) is 16.8. The normalized spacial score (nSPS) is 15.5. The summed E-state index contributed by atoms with van der Waals surface area (Å²) in [4.78, 5) is 22.0. The maximum Gasteiger partial charge on any atom is 0.283 e. The number of hydrogen-bond donors (Lipinski definition) is 0. The van der Waals surface area contributed by atoms with E-state index in [1.807, 2.05) is 12.1 Å². The van der Waals surface area contributed by atoms with E-state index in [4.69, 9.17) is 10.1 Å². The maximum absolute atomic E-state index is 13.9. The van der Waals surface area contributed by atoms with Crippen LogP contribution >= 0.6 is 11.3 Å². The minimum atomic E-state index is -0.0986. The van der Waals surface area contributed by atoms with Crippen LogP contribution in [0.15, 0.2) is 58.7 Å². The zero-order valence-corrected chi connectivity index (χ0v) is 21.5. The van der Waals surface area contributed by atoms with Crippen LogP contribution in [0.25, 0.3) is 37.8 Å². The van der Waals surface area contributed by atoms with Gasteiger partial charge in [0.25, 0.3) is 5.56 Å². The summed E-state index contributed by atoms with van der Waals surface area (Å²) in [5.74, 6) is 1.61. The van der Waals surface area contributed by atoms with E-state index >= 15 is 0 Å². The first kappa shape index (κ1) is 22.2. The number of rotatable bonds is 2. The minimum Gasteiger partial charge on any atom is -0.355 e. The first-order valence-electron chi connectivity index (χ1n) is 12.4. The van der Waals surface area contributed by atoms with Gasteiger partial charge in [-0.05, 0) is 35.3 Å². The predicted octanol–water partition coefficient (Wildman–Crippen LogP) is 6.66. The second-order valence-electron chi connectivity index (χ2n) is 10.8. The summed E-state index contributed by atoms with van der Waals surface area (Å²) in [6.45, 7) is 10.8. The number of benzene rings is 2. The van der Waals surface area contributed by atoms with E-state index < -0.39 is 0 Å². The van der Waals surface area contributed by atoms with Crippen LogP contribution < -0.4 is 10.5 Å². The van der Waals surface area contributed by atoms with Crippen molar-refractivity contribution in [3.05, 3.63) is 69.8 Å². The Morgan fingerprint density at radius 3 is 2.34 bits per heavy atom. The second-order valence-corrected chi connectivity index (χ2v) is 11.7. The third-order valence-corrected chi connectivity index (χ3v) is 8.21. The van der Waals surface area contributed by atoms with E-state index in [0.29, 0.717) is 11.0 Å². The highest BCUT2D eigenvalue weighted by Gasteiger charge is 2.23. The second kappa shape index (κ2) is 8.16. The molecule has 0 atom stereocenters. The van der Waals surface area contributed by atoms with Crippen molar-refractivity contribution >= 4 is 43.8 Å². The average molecular weight is 483 g/mol. The van der Waals surface area contributed by atoms with Gasteiger partial charge < -0.3 is 4.90 Å². The summed E-state index contributed by atoms with van der Waals surface area (Å²) in [5, 5.41) is 9.67. The molecule has 5 nitrogen and oxygen atoms in total. The van der Waals surface area contributed by atoms with Gasteiger partial charge in [0.1, 0.15) is 4.83 Å². The molecule has 0 N–H and O–H groups in total. The molecule has 0 spiro atoms. The minimum absolute atomic E-state index is 0.0835. The van der Waals surface area contributed by atoms with Crippen LogP contribution in [0.4, 0.5) is 5.82 Å². The van der Waals surface area contributed by atoms with Crippen LogP contribution in [-0.2, 0) is 5.41 Å². The van der Waals surface area contributed by atoms with Crippen molar-refractivity contribution in [3.63, 3.8) is 0 Å². The number of hydrogen-bond acceptors (Lipinski definition) is 5. The molecule has 3 aromatic heterocycles. The number of thiophene rings is 1. The number of fused-ring (bicyclic) bond motifs is 4. The van der Waals surface area contributed by atoms with Crippen LogP contribution in [0.3, 0.4) is 0 Å². The van der Waals surface area contributed by atoms with Crippen LogP contribution in [0.1, 0.15) is 46.1 Å². The molecule has 0 radical (unpaired) electrons. The molecule has 0 aliphatic carbocycles. The van der Waals surface area contributed by atoms with Crippen molar-refractivity contribution in [1.82, 2.24) is 14.6 Å². The Kier molecular flexibility index (Phi) is 5.18. The number of aromatic nitrogens is 3. The van der Waals surface area contributed by atoms with Crippen molar-refractivity contribution in [2.45, 2.75) is 46.0 Å². The number of anilines is 1. The van der Waals surface area contributed by atoms with Crippen LogP contribution in [0.5, 0.6) is 0 Å². The maximum atomic E-state index is 13.9. The van der Waals surface area contributed by atoms with E-state index in [-0.39, 0.29) is 11.0 Å². The first-order valence-corrected chi connectivity index (χ1v) is 13.3. The van der Waals surface area contributed by atoms with E-state index in [9.17, 15) is 4.79 Å². The summed E-state index contributed by atoms with van der Waals surface area (Å²) < 4.78 is 1.54. The van der Waals surface area contributed by atoms with Gasteiger partial charge in [-0.3, -0.25) is 4.79 Å². The van der Waals surface area contributed by atoms with Gasteiger partial charge in [0, 0.05) is 34.8 Å². The third-order valence-electron chi connectivity index (χ3n) is 7.33.